The lowest BCUT2D eigenvalue weighted by molar-refractivity contribution is -0.161. The average Bonchev–Trinajstić information content (AvgIpc) is 2.98. The van der Waals surface area contributed by atoms with Gasteiger partial charge in [0.25, 0.3) is 0 Å². The molecular weight excluding hydrogens is 577 g/mol. The van der Waals surface area contributed by atoms with Crippen molar-refractivity contribution in [2.75, 3.05) is 19.8 Å². The Morgan fingerprint density at radius 2 is 1.28 bits per heavy atom. The maximum atomic E-state index is 12.3. The van der Waals surface area contributed by atoms with Crippen LogP contribution in [0.3, 0.4) is 0 Å². The Bertz CT molecular complexity index is 974. The van der Waals surface area contributed by atoms with Crippen molar-refractivity contribution in [2.24, 2.45) is 5.73 Å². The van der Waals surface area contributed by atoms with E-state index >= 15 is 0 Å². The molecule has 12 heteroatoms. The second-order valence-corrected chi connectivity index (χ2v) is 10.9. The molecule has 244 valence electrons. The number of hydrogen-bond acceptors (Lipinski definition) is 9. The molecule has 4 N–H and O–H groups in total. The first kappa shape index (κ1) is 40.2. The van der Waals surface area contributed by atoms with Crippen molar-refractivity contribution in [1.82, 2.24) is 0 Å². The quantitative estimate of drug-likeness (QED) is 0.0438. The van der Waals surface area contributed by atoms with Gasteiger partial charge in [-0.3, -0.25) is 23.4 Å². The molecule has 0 fully saturated rings. The van der Waals surface area contributed by atoms with E-state index in [1.54, 1.807) is 6.92 Å². The second kappa shape index (κ2) is 26.8. The van der Waals surface area contributed by atoms with E-state index in [2.05, 4.69) is 72.2 Å². The zero-order valence-electron chi connectivity index (χ0n) is 25.5. The zero-order valence-corrected chi connectivity index (χ0v) is 26.4. The van der Waals surface area contributed by atoms with E-state index in [1.165, 1.54) is 0 Å². The number of ether oxygens (including phenoxy) is 2. The number of carboxylic acids is 1. The third-order valence-corrected chi connectivity index (χ3v) is 6.54. The Morgan fingerprint density at radius 3 is 1.81 bits per heavy atom. The number of aliphatic carboxylic acids is 1. The summed E-state index contributed by atoms with van der Waals surface area (Å²) in [5, 5.41) is 8.73. The van der Waals surface area contributed by atoms with Crippen LogP contribution in [0, 0.1) is 0 Å². The fraction of sp³-hybridized carbons (Fsp3) is 0.581. The molecule has 0 rings (SSSR count). The largest absolute Gasteiger partial charge is 0.480 e. The van der Waals surface area contributed by atoms with Gasteiger partial charge in [-0.2, -0.15) is 0 Å². The highest BCUT2D eigenvalue weighted by molar-refractivity contribution is 7.47. The van der Waals surface area contributed by atoms with Crippen molar-refractivity contribution in [2.45, 2.75) is 96.6 Å². The standard InChI is InChI=1S/C31H50NO10P/c1-3-5-6-7-8-9-10-11-12-13-14-15-16-17-18-19-20-21-22-23-30(34)42-27(24-39-29(33)4-2)25-40-43(37,38)41-26-28(32)31(35)36/h5-6,8-9,11-12,14-15,17-18,27-28H,3-4,7,10,13,16,19-26,32H2,1-2H3,(H,35,36)(H,37,38)/b6-5-,9-8-,12-11-,15-14-,18-17-. The van der Waals surface area contributed by atoms with Gasteiger partial charge in [0.2, 0.25) is 0 Å². The Hall–Kier alpha value is -2.82. The molecule has 0 aromatic heterocycles. The summed E-state index contributed by atoms with van der Waals surface area (Å²) in [7, 11) is -4.69. The van der Waals surface area contributed by atoms with Gasteiger partial charge in [-0.05, 0) is 51.4 Å². The van der Waals surface area contributed by atoms with Crippen molar-refractivity contribution in [3.63, 3.8) is 0 Å². The van der Waals surface area contributed by atoms with Crippen molar-refractivity contribution in [3.05, 3.63) is 60.8 Å². The van der Waals surface area contributed by atoms with Crippen LogP contribution in [0.25, 0.3) is 0 Å². The first-order valence-corrected chi connectivity index (χ1v) is 16.3. The average molecular weight is 628 g/mol. The van der Waals surface area contributed by atoms with Crippen molar-refractivity contribution < 1.29 is 47.5 Å². The lowest BCUT2D eigenvalue weighted by Gasteiger charge is -2.20. The van der Waals surface area contributed by atoms with Crippen molar-refractivity contribution in [1.29, 1.82) is 0 Å². The number of allylic oxidation sites excluding steroid dienone is 10. The number of phosphoric ester groups is 1. The number of hydrogen-bond donors (Lipinski definition) is 3. The molecule has 0 spiro atoms. The summed E-state index contributed by atoms with van der Waals surface area (Å²) >= 11 is 0. The van der Waals surface area contributed by atoms with E-state index in [4.69, 9.17) is 24.8 Å². The number of phosphoric acid groups is 1. The molecule has 11 nitrogen and oxygen atoms in total. The molecule has 3 unspecified atom stereocenters. The number of carboxylic acid groups (broad SMARTS) is 1. The maximum Gasteiger partial charge on any atom is 0.472 e. The summed E-state index contributed by atoms with van der Waals surface area (Å²) in [5.41, 5.74) is 5.23. The van der Waals surface area contributed by atoms with Crippen molar-refractivity contribution in [3.8, 4) is 0 Å². The highest BCUT2D eigenvalue weighted by atomic mass is 31.2. The smallest absolute Gasteiger partial charge is 0.472 e. The third-order valence-electron chi connectivity index (χ3n) is 5.58. The molecule has 0 aliphatic rings. The van der Waals surface area contributed by atoms with Crippen LogP contribution in [0.2, 0.25) is 0 Å². The summed E-state index contributed by atoms with van der Waals surface area (Å²) in [4.78, 5) is 44.2. The first-order chi connectivity index (χ1) is 20.6. The lowest BCUT2D eigenvalue weighted by atomic mass is 10.1. The summed E-state index contributed by atoms with van der Waals surface area (Å²) in [5.74, 6) is -2.54. The van der Waals surface area contributed by atoms with Gasteiger partial charge in [0.15, 0.2) is 6.10 Å². The molecule has 0 radical (unpaired) electrons. The van der Waals surface area contributed by atoms with E-state index in [-0.39, 0.29) is 19.4 Å². The number of carbonyl (C=O) groups excluding carboxylic acids is 2. The van der Waals surface area contributed by atoms with Gasteiger partial charge in [0.1, 0.15) is 12.6 Å². The molecular formula is C31H50NO10P. The predicted octanol–water partition coefficient (Wildman–Crippen LogP) is 6.10. The van der Waals surface area contributed by atoms with Crippen molar-refractivity contribution >= 4 is 25.7 Å². The Morgan fingerprint density at radius 1 is 0.744 bits per heavy atom. The van der Waals surface area contributed by atoms with E-state index < -0.39 is 51.1 Å². The number of unbranched alkanes of at least 4 members (excludes halogenated alkanes) is 3. The SMILES string of the molecule is CC/C=C\C/C=C\C/C=C\C/C=C\C/C=C\CCCCCC(=O)OC(COC(=O)CC)COP(=O)(O)OCC(N)C(=O)O. The second-order valence-electron chi connectivity index (χ2n) is 9.46. The minimum Gasteiger partial charge on any atom is -0.480 e. The molecule has 0 saturated heterocycles. The number of carbonyl (C=O) groups is 3. The minimum atomic E-state index is -4.69. The molecule has 3 atom stereocenters. The van der Waals surface area contributed by atoms with Crippen LogP contribution in [0.15, 0.2) is 60.8 Å². The van der Waals surface area contributed by atoms with Crippen LogP contribution in [0.4, 0.5) is 0 Å². The van der Waals surface area contributed by atoms with E-state index in [1.807, 2.05) is 0 Å². The van der Waals surface area contributed by atoms with Crippen LogP contribution >= 0.6 is 7.82 Å². The number of nitrogens with two attached hydrogens (primary N) is 1. The number of rotatable bonds is 26. The minimum absolute atomic E-state index is 0.0914. The molecule has 0 aromatic carbocycles. The summed E-state index contributed by atoms with van der Waals surface area (Å²) in [6, 6.07) is -1.52. The normalized spacial score (nSPS) is 15.1. The first-order valence-electron chi connectivity index (χ1n) is 14.8. The molecule has 0 aromatic rings. The van der Waals surface area contributed by atoms with E-state index in [0.29, 0.717) is 6.42 Å². The Labute approximate surface area is 256 Å². The molecule has 0 bridgehead atoms. The van der Waals surface area contributed by atoms with Gasteiger partial charge >= 0.3 is 25.7 Å². The Balaban J connectivity index is 4.22. The fourth-order valence-corrected chi connectivity index (χ4v) is 3.96. The van der Waals surface area contributed by atoms with Gasteiger partial charge in [0.05, 0.1) is 13.2 Å². The fourth-order valence-electron chi connectivity index (χ4n) is 3.19. The van der Waals surface area contributed by atoms with Gasteiger partial charge in [-0.1, -0.05) is 81.0 Å². The summed E-state index contributed by atoms with van der Waals surface area (Å²) < 4.78 is 31.5. The zero-order chi connectivity index (χ0) is 32.2. The molecule has 0 aliphatic heterocycles. The lowest BCUT2D eigenvalue weighted by Crippen LogP contribution is -2.34. The molecule has 0 heterocycles. The molecule has 0 saturated carbocycles. The highest BCUT2D eigenvalue weighted by Gasteiger charge is 2.28. The predicted molar refractivity (Wildman–Crippen MR) is 166 cm³/mol. The van der Waals surface area contributed by atoms with Gasteiger partial charge in [-0.15, -0.1) is 0 Å². The molecule has 0 aliphatic carbocycles. The van der Waals surface area contributed by atoms with Crippen LogP contribution in [-0.2, 0) is 37.5 Å². The van der Waals surface area contributed by atoms with Gasteiger partial charge < -0.3 is 25.2 Å². The van der Waals surface area contributed by atoms with Gasteiger partial charge in [-0.25, -0.2) is 4.57 Å². The van der Waals surface area contributed by atoms with E-state index in [9.17, 15) is 23.8 Å². The van der Waals surface area contributed by atoms with E-state index in [0.717, 1.165) is 51.4 Å². The third kappa shape index (κ3) is 26.5. The van der Waals surface area contributed by atoms with Gasteiger partial charge in [0, 0.05) is 12.8 Å². The summed E-state index contributed by atoms with van der Waals surface area (Å²) in [6.45, 7) is 1.96. The van der Waals surface area contributed by atoms with Crippen LogP contribution in [0.1, 0.15) is 84.5 Å². The monoisotopic (exact) mass is 627 g/mol. The topological polar surface area (TPSA) is 172 Å². The van der Waals surface area contributed by atoms with Crippen LogP contribution in [-0.4, -0.2) is 59.9 Å². The summed E-state index contributed by atoms with van der Waals surface area (Å²) in [6.07, 6.45) is 28.5. The van der Waals surface area contributed by atoms with Crippen LogP contribution < -0.4 is 5.73 Å². The maximum absolute atomic E-state index is 12.3. The highest BCUT2D eigenvalue weighted by Crippen LogP contribution is 2.43. The molecule has 0 amide bonds. The molecule has 43 heavy (non-hydrogen) atoms. The van der Waals surface area contributed by atoms with Crippen LogP contribution in [0.5, 0.6) is 0 Å². The Kier molecular flexibility index (Phi) is 25.0. The number of esters is 2.